The molecule has 0 bridgehead atoms. The van der Waals surface area contributed by atoms with Crippen LogP contribution >= 0.6 is 0 Å². The summed E-state index contributed by atoms with van der Waals surface area (Å²) in [6, 6.07) is 4.55. The number of aryl methyl sites for hydroxylation is 2. The van der Waals surface area contributed by atoms with Crippen LogP contribution in [0.4, 0.5) is 0 Å². The lowest BCUT2D eigenvalue weighted by atomic mass is 9.84. The van der Waals surface area contributed by atoms with E-state index in [1.807, 2.05) is 11.6 Å². The zero-order valence-corrected chi connectivity index (χ0v) is 10.7. The molecular formula is C13H21N3. The molecule has 0 aliphatic heterocycles. The minimum absolute atomic E-state index is 0.266. The highest BCUT2D eigenvalue weighted by Crippen LogP contribution is 2.25. The first-order chi connectivity index (χ1) is 7.58. The van der Waals surface area contributed by atoms with Crippen LogP contribution in [0.5, 0.6) is 0 Å². The Morgan fingerprint density at radius 2 is 2.12 bits per heavy atom. The van der Waals surface area contributed by atoms with Gasteiger partial charge < -0.3 is 0 Å². The molecule has 0 saturated heterocycles. The van der Waals surface area contributed by atoms with Gasteiger partial charge in [0.1, 0.15) is 0 Å². The molecular weight excluding hydrogens is 198 g/mol. The summed E-state index contributed by atoms with van der Waals surface area (Å²) in [6.07, 6.45) is 2.62. The smallest absolute Gasteiger partial charge is 0.0690 e. The first kappa shape index (κ1) is 12.8. The van der Waals surface area contributed by atoms with E-state index in [9.17, 15) is 5.26 Å². The normalized spacial score (nSPS) is 14.4. The second-order valence-electron chi connectivity index (χ2n) is 4.50. The highest BCUT2D eigenvalue weighted by molar-refractivity contribution is 5.15. The fraction of sp³-hybridized carbons (Fsp3) is 0.692. The molecule has 1 aromatic rings. The molecule has 1 rings (SSSR count). The highest BCUT2D eigenvalue weighted by Gasteiger charge is 2.24. The Labute approximate surface area is 98.1 Å². The number of aromatic nitrogens is 2. The van der Waals surface area contributed by atoms with Crippen LogP contribution in [0, 0.1) is 16.7 Å². The van der Waals surface area contributed by atoms with E-state index in [4.69, 9.17) is 0 Å². The van der Waals surface area contributed by atoms with Crippen molar-refractivity contribution in [2.45, 2.75) is 53.5 Å². The van der Waals surface area contributed by atoms with E-state index in [-0.39, 0.29) is 5.41 Å². The van der Waals surface area contributed by atoms with Crippen molar-refractivity contribution in [2.24, 2.45) is 5.41 Å². The summed E-state index contributed by atoms with van der Waals surface area (Å²) in [5.74, 6) is 0. The van der Waals surface area contributed by atoms with E-state index in [1.54, 1.807) is 0 Å². The van der Waals surface area contributed by atoms with Gasteiger partial charge in [-0.05, 0) is 32.8 Å². The molecule has 0 aliphatic carbocycles. The molecule has 0 radical (unpaired) electrons. The van der Waals surface area contributed by atoms with Gasteiger partial charge in [0.2, 0.25) is 0 Å². The van der Waals surface area contributed by atoms with Crippen molar-refractivity contribution in [1.29, 1.82) is 5.26 Å². The van der Waals surface area contributed by atoms with Gasteiger partial charge in [-0.3, -0.25) is 4.68 Å². The maximum atomic E-state index is 9.19. The third kappa shape index (κ3) is 2.63. The third-order valence-electron chi connectivity index (χ3n) is 3.20. The van der Waals surface area contributed by atoms with Crippen molar-refractivity contribution in [3.63, 3.8) is 0 Å². The van der Waals surface area contributed by atoms with Crippen molar-refractivity contribution in [3.8, 4) is 6.07 Å². The Bertz CT molecular complexity index is 386. The molecule has 1 unspecified atom stereocenters. The van der Waals surface area contributed by atoms with Crippen LogP contribution in [0.25, 0.3) is 0 Å². The molecule has 0 spiro atoms. The van der Waals surface area contributed by atoms with Gasteiger partial charge in [0, 0.05) is 18.7 Å². The maximum Gasteiger partial charge on any atom is 0.0690 e. The van der Waals surface area contributed by atoms with Crippen molar-refractivity contribution in [1.82, 2.24) is 9.78 Å². The summed E-state index contributed by atoms with van der Waals surface area (Å²) >= 11 is 0. The maximum absolute atomic E-state index is 9.19. The molecule has 1 heterocycles. The summed E-state index contributed by atoms with van der Waals surface area (Å²) in [5.41, 5.74) is 2.04. The van der Waals surface area contributed by atoms with Crippen LogP contribution in [0.1, 0.15) is 45.5 Å². The summed E-state index contributed by atoms with van der Waals surface area (Å²) in [6.45, 7) is 9.16. The molecule has 0 fully saturated rings. The summed E-state index contributed by atoms with van der Waals surface area (Å²) in [7, 11) is 0. The van der Waals surface area contributed by atoms with Crippen molar-refractivity contribution in [3.05, 3.63) is 17.5 Å². The van der Waals surface area contributed by atoms with Crippen LogP contribution < -0.4 is 0 Å². The van der Waals surface area contributed by atoms with Crippen LogP contribution in [0.2, 0.25) is 0 Å². The molecule has 1 atom stereocenters. The predicted molar refractivity (Wildman–Crippen MR) is 65.0 cm³/mol. The molecule has 3 nitrogen and oxygen atoms in total. The van der Waals surface area contributed by atoms with E-state index in [0.29, 0.717) is 0 Å². The van der Waals surface area contributed by atoms with Gasteiger partial charge in [-0.1, -0.05) is 13.8 Å². The van der Waals surface area contributed by atoms with E-state index in [2.05, 4.69) is 38.0 Å². The third-order valence-corrected chi connectivity index (χ3v) is 3.20. The minimum Gasteiger partial charge on any atom is -0.270 e. The summed E-state index contributed by atoms with van der Waals surface area (Å²) in [5, 5.41) is 13.7. The predicted octanol–water partition coefficient (Wildman–Crippen LogP) is 2.95. The Morgan fingerprint density at radius 1 is 1.44 bits per heavy atom. The fourth-order valence-corrected chi connectivity index (χ4v) is 1.75. The van der Waals surface area contributed by atoms with Crippen LogP contribution in [0.3, 0.4) is 0 Å². The van der Waals surface area contributed by atoms with Gasteiger partial charge >= 0.3 is 0 Å². The standard InChI is InChI=1S/C13H21N3/c1-5-11-8-12(16(7-3)15-11)9-13(4,6-2)10-14/h8H,5-7,9H2,1-4H3. The molecule has 88 valence electrons. The first-order valence-electron chi connectivity index (χ1n) is 6.05. The Hall–Kier alpha value is -1.30. The van der Waals surface area contributed by atoms with Crippen molar-refractivity contribution < 1.29 is 0 Å². The second kappa shape index (κ2) is 5.16. The summed E-state index contributed by atoms with van der Waals surface area (Å²) in [4.78, 5) is 0. The van der Waals surface area contributed by atoms with Crippen molar-refractivity contribution >= 4 is 0 Å². The molecule has 16 heavy (non-hydrogen) atoms. The minimum atomic E-state index is -0.266. The van der Waals surface area contributed by atoms with Gasteiger partial charge in [0.25, 0.3) is 0 Å². The van der Waals surface area contributed by atoms with Crippen LogP contribution in [-0.4, -0.2) is 9.78 Å². The number of nitriles is 1. The van der Waals surface area contributed by atoms with E-state index >= 15 is 0 Å². The lowest BCUT2D eigenvalue weighted by Crippen LogP contribution is -2.18. The average Bonchev–Trinajstić information content (AvgIpc) is 2.71. The number of hydrogen-bond donors (Lipinski definition) is 0. The Morgan fingerprint density at radius 3 is 2.56 bits per heavy atom. The van der Waals surface area contributed by atoms with E-state index in [1.165, 1.54) is 5.69 Å². The highest BCUT2D eigenvalue weighted by atomic mass is 15.3. The number of nitrogens with zero attached hydrogens (tertiary/aromatic N) is 3. The Balaban J connectivity index is 2.96. The monoisotopic (exact) mass is 219 g/mol. The van der Waals surface area contributed by atoms with Gasteiger partial charge in [0.05, 0.1) is 17.2 Å². The number of hydrogen-bond acceptors (Lipinski definition) is 2. The number of rotatable bonds is 5. The lowest BCUT2D eigenvalue weighted by molar-refractivity contribution is 0.405. The van der Waals surface area contributed by atoms with Gasteiger partial charge in [-0.2, -0.15) is 10.4 Å². The van der Waals surface area contributed by atoms with Gasteiger partial charge in [-0.15, -0.1) is 0 Å². The first-order valence-corrected chi connectivity index (χ1v) is 6.05. The molecule has 0 saturated carbocycles. The molecule has 0 aromatic carbocycles. The quantitative estimate of drug-likeness (QED) is 0.764. The molecule has 1 aromatic heterocycles. The largest absolute Gasteiger partial charge is 0.270 e. The van der Waals surface area contributed by atoms with Crippen LogP contribution in [0.15, 0.2) is 6.07 Å². The van der Waals surface area contributed by atoms with E-state index < -0.39 is 0 Å². The fourth-order valence-electron chi connectivity index (χ4n) is 1.75. The van der Waals surface area contributed by atoms with Crippen molar-refractivity contribution in [2.75, 3.05) is 0 Å². The molecule has 0 aliphatic rings. The molecule has 3 heteroatoms. The topological polar surface area (TPSA) is 41.6 Å². The second-order valence-corrected chi connectivity index (χ2v) is 4.50. The van der Waals surface area contributed by atoms with Gasteiger partial charge in [-0.25, -0.2) is 0 Å². The zero-order chi connectivity index (χ0) is 12.2. The Kier molecular flexibility index (Phi) is 4.12. The average molecular weight is 219 g/mol. The molecule has 0 N–H and O–H groups in total. The lowest BCUT2D eigenvalue weighted by Gasteiger charge is -2.19. The van der Waals surface area contributed by atoms with Gasteiger partial charge in [0.15, 0.2) is 0 Å². The zero-order valence-electron chi connectivity index (χ0n) is 10.7. The summed E-state index contributed by atoms with van der Waals surface area (Å²) < 4.78 is 2.02. The van der Waals surface area contributed by atoms with Crippen LogP contribution in [-0.2, 0) is 19.4 Å². The van der Waals surface area contributed by atoms with E-state index in [0.717, 1.165) is 31.5 Å². The SMILES string of the molecule is CCc1cc(CC(C)(C#N)CC)n(CC)n1. The molecule has 0 amide bonds.